The quantitative estimate of drug-likeness (QED) is 0.833. The third-order valence-electron chi connectivity index (χ3n) is 3.22. The molecular weight excluding hydrogens is 246 g/mol. The monoisotopic (exact) mass is 269 g/mol. The van der Waals surface area contributed by atoms with Gasteiger partial charge in [-0.25, -0.2) is 0 Å². The van der Waals surface area contributed by atoms with Crippen molar-refractivity contribution in [2.75, 3.05) is 13.2 Å². The number of nitrogens with one attached hydrogen (secondary N) is 1. The van der Waals surface area contributed by atoms with Crippen LogP contribution in [0.15, 0.2) is 5.38 Å². The first kappa shape index (κ1) is 13.8. The fourth-order valence-corrected chi connectivity index (χ4v) is 3.27. The van der Waals surface area contributed by atoms with Crippen molar-refractivity contribution in [3.63, 3.8) is 0 Å². The van der Waals surface area contributed by atoms with Crippen molar-refractivity contribution in [2.24, 2.45) is 0 Å². The molecule has 2 rings (SSSR count). The van der Waals surface area contributed by atoms with Crippen molar-refractivity contribution in [1.29, 1.82) is 0 Å². The summed E-state index contributed by atoms with van der Waals surface area (Å²) in [5.74, 6) is 0.998. The molecule has 0 fully saturated rings. The van der Waals surface area contributed by atoms with Crippen LogP contribution in [0.5, 0.6) is 5.75 Å². The van der Waals surface area contributed by atoms with E-state index in [9.17, 15) is 5.11 Å². The Hall–Kier alpha value is -0.580. The maximum atomic E-state index is 9.82. The number of rotatable bonds is 6. The largest absolute Gasteiger partial charge is 0.490 e. The molecule has 1 atom stereocenters. The number of aliphatic hydroxyl groups excluding tert-OH is 1. The van der Waals surface area contributed by atoms with Crippen molar-refractivity contribution in [2.45, 2.75) is 51.7 Å². The number of thiophene rings is 1. The highest BCUT2D eigenvalue weighted by Crippen LogP contribution is 2.35. The Bertz CT molecular complexity index is 376. The van der Waals surface area contributed by atoms with Crippen LogP contribution in [-0.2, 0) is 12.8 Å². The summed E-state index contributed by atoms with van der Waals surface area (Å²) in [7, 11) is 0. The first-order valence-corrected chi connectivity index (χ1v) is 7.68. The molecule has 1 aromatic heterocycles. The number of fused-ring (bicyclic) bond motifs is 1. The second kappa shape index (κ2) is 6.55. The normalized spacial score (nSPS) is 16.7. The van der Waals surface area contributed by atoms with Crippen LogP contribution in [0.2, 0.25) is 0 Å². The van der Waals surface area contributed by atoms with Crippen molar-refractivity contribution in [1.82, 2.24) is 5.32 Å². The highest BCUT2D eigenvalue weighted by Gasteiger charge is 2.17. The molecule has 1 aliphatic rings. The van der Waals surface area contributed by atoms with Crippen LogP contribution in [0.25, 0.3) is 0 Å². The van der Waals surface area contributed by atoms with E-state index >= 15 is 0 Å². The lowest BCUT2D eigenvalue weighted by molar-refractivity contribution is 0.104. The minimum absolute atomic E-state index is 0.378. The van der Waals surface area contributed by atoms with E-state index in [4.69, 9.17) is 4.74 Å². The molecular formula is C14H23NO2S. The number of hydrogen-bond donors (Lipinski definition) is 2. The first-order valence-electron chi connectivity index (χ1n) is 6.80. The Balaban J connectivity index is 1.81. The zero-order valence-corrected chi connectivity index (χ0v) is 12.1. The van der Waals surface area contributed by atoms with E-state index in [1.807, 2.05) is 0 Å². The van der Waals surface area contributed by atoms with Crippen LogP contribution in [0.1, 0.15) is 37.1 Å². The third kappa shape index (κ3) is 3.70. The van der Waals surface area contributed by atoms with Gasteiger partial charge in [0.1, 0.15) is 18.5 Å². The van der Waals surface area contributed by atoms with Crippen LogP contribution >= 0.6 is 11.3 Å². The summed E-state index contributed by atoms with van der Waals surface area (Å²) >= 11 is 1.80. The average molecular weight is 269 g/mol. The van der Waals surface area contributed by atoms with E-state index in [-0.39, 0.29) is 0 Å². The van der Waals surface area contributed by atoms with Gasteiger partial charge < -0.3 is 15.2 Å². The van der Waals surface area contributed by atoms with Crippen molar-refractivity contribution >= 4 is 11.3 Å². The Kier molecular flexibility index (Phi) is 5.03. The van der Waals surface area contributed by atoms with Crippen LogP contribution in [-0.4, -0.2) is 30.4 Å². The zero-order chi connectivity index (χ0) is 13.0. The molecule has 0 bridgehead atoms. The van der Waals surface area contributed by atoms with Crippen molar-refractivity contribution < 1.29 is 9.84 Å². The maximum Gasteiger partial charge on any atom is 0.133 e. The molecule has 0 saturated carbocycles. The molecule has 4 heteroatoms. The molecule has 0 aromatic carbocycles. The SMILES string of the molecule is CC(C)NCC(O)COc1csc2c1CCCC2. The van der Waals surface area contributed by atoms with E-state index in [0.29, 0.717) is 19.2 Å². The summed E-state index contributed by atoms with van der Waals surface area (Å²) in [4.78, 5) is 1.48. The molecule has 1 unspecified atom stereocenters. The Morgan fingerprint density at radius 1 is 1.39 bits per heavy atom. The number of aliphatic hydroxyl groups is 1. The summed E-state index contributed by atoms with van der Waals surface area (Å²) in [6.45, 7) is 5.11. The molecule has 3 nitrogen and oxygen atoms in total. The van der Waals surface area contributed by atoms with Gasteiger partial charge in [0.25, 0.3) is 0 Å². The van der Waals surface area contributed by atoms with Gasteiger partial charge in [-0.3, -0.25) is 0 Å². The van der Waals surface area contributed by atoms with Gasteiger partial charge in [-0.05, 0) is 25.7 Å². The van der Waals surface area contributed by atoms with Crippen molar-refractivity contribution in [3.8, 4) is 5.75 Å². The lowest BCUT2D eigenvalue weighted by atomic mass is 9.99. The van der Waals surface area contributed by atoms with E-state index in [1.54, 1.807) is 11.3 Å². The molecule has 1 aliphatic carbocycles. The second-order valence-electron chi connectivity index (χ2n) is 5.24. The highest BCUT2D eigenvalue weighted by molar-refractivity contribution is 7.10. The molecule has 102 valence electrons. The van der Waals surface area contributed by atoms with Gasteiger partial charge in [-0.15, -0.1) is 11.3 Å². The van der Waals surface area contributed by atoms with Gasteiger partial charge in [-0.1, -0.05) is 13.8 Å². The molecule has 18 heavy (non-hydrogen) atoms. The summed E-state index contributed by atoms with van der Waals surface area (Å²) in [5, 5.41) is 15.1. The van der Waals surface area contributed by atoms with Crippen LogP contribution in [0.3, 0.4) is 0 Å². The van der Waals surface area contributed by atoms with Crippen LogP contribution in [0, 0.1) is 0 Å². The van der Waals surface area contributed by atoms with Crippen molar-refractivity contribution in [3.05, 3.63) is 15.8 Å². The minimum Gasteiger partial charge on any atom is -0.490 e. The van der Waals surface area contributed by atoms with E-state index in [1.165, 1.54) is 29.7 Å². The average Bonchev–Trinajstić information content (AvgIpc) is 2.77. The standard InChI is InChI=1S/C14H23NO2S/c1-10(2)15-7-11(16)8-17-13-9-18-14-6-4-3-5-12(13)14/h9-11,15-16H,3-8H2,1-2H3. The summed E-state index contributed by atoms with van der Waals surface area (Å²) < 4.78 is 5.76. The fraction of sp³-hybridized carbons (Fsp3) is 0.714. The molecule has 1 heterocycles. The second-order valence-corrected chi connectivity index (χ2v) is 6.20. The smallest absolute Gasteiger partial charge is 0.133 e. The Morgan fingerprint density at radius 2 is 2.17 bits per heavy atom. The van der Waals surface area contributed by atoms with E-state index < -0.39 is 6.10 Å². The molecule has 2 N–H and O–H groups in total. The van der Waals surface area contributed by atoms with Crippen LogP contribution < -0.4 is 10.1 Å². The lowest BCUT2D eigenvalue weighted by Crippen LogP contribution is -2.35. The third-order valence-corrected chi connectivity index (χ3v) is 4.28. The molecule has 0 aliphatic heterocycles. The number of aryl methyl sites for hydroxylation is 1. The van der Waals surface area contributed by atoms with Gasteiger partial charge in [0.05, 0.1) is 0 Å². The molecule has 0 spiro atoms. The molecule has 0 saturated heterocycles. The van der Waals surface area contributed by atoms with Gasteiger partial charge in [0.2, 0.25) is 0 Å². The minimum atomic E-state index is -0.438. The molecule has 1 aromatic rings. The lowest BCUT2D eigenvalue weighted by Gasteiger charge is -2.16. The zero-order valence-electron chi connectivity index (χ0n) is 11.2. The van der Waals surface area contributed by atoms with Gasteiger partial charge in [0, 0.05) is 28.4 Å². The van der Waals surface area contributed by atoms with E-state index in [0.717, 1.165) is 12.2 Å². The first-order chi connectivity index (χ1) is 8.66. The van der Waals surface area contributed by atoms with Gasteiger partial charge in [0.15, 0.2) is 0 Å². The van der Waals surface area contributed by atoms with Gasteiger partial charge >= 0.3 is 0 Å². The summed E-state index contributed by atoms with van der Waals surface area (Å²) in [6, 6.07) is 0.397. The van der Waals surface area contributed by atoms with E-state index in [2.05, 4.69) is 24.5 Å². The summed E-state index contributed by atoms with van der Waals surface area (Å²) in [6.07, 6.45) is 4.45. The Labute approximate surface area is 113 Å². The number of ether oxygens (including phenoxy) is 1. The predicted octanol–water partition coefficient (Wildman–Crippen LogP) is 2.36. The van der Waals surface area contributed by atoms with Crippen LogP contribution in [0.4, 0.5) is 0 Å². The molecule has 0 amide bonds. The highest BCUT2D eigenvalue weighted by atomic mass is 32.1. The molecule has 0 radical (unpaired) electrons. The van der Waals surface area contributed by atoms with Gasteiger partial charge in [-0.2, -0.15) is 0 Å². The maximum absolute atomic E-state index is 9.82. The topological polar surface area (TPSA) is 41.5 Å². The fourth-order valence-electron chi connectivity index (χ4n) is 2.20. The Morgan fingerprint density at radius 3 is 2.94 bits per heavy atom. The predicted molar refractivity (Wildman–Crippen MR) is 75.6 cm³/mol. The summed E-state index contributed by atoms with van der Waals surface area (Å²) in [5.41, 5.74) is 1.38. The number of hydrogen-bond acceptors (Lipinski definition) is 4.